The summed E-state index contributed by atoms with van der Waals surface area (Å²) in [6, 6.07) is 29.6. The van der Waals surface area contributed by atoms with Gasteiger partial charge in [-0.3, -0.25) is 30.0 Å². The summed E-state index contributed by atoms with van der Waals surface area (Å²) in [5.41, 5.74) is 3.41. The van der Waals surface area contributed by atoms with Crippen LogP contribution in [0.25, 0.3) is 0 Å². The van der Waals surface area contributed by atoms with Crippen LogP contribution in [0.15, 0.2) is 122 Å². The maximum absolute atomic E-state index is 12.9. The molecule has 18 heteroatoms. The number of aromatic nitrogens is 2. The van der Waals surface area contributed by atoms with E-state index < -0.39 is 11.8 Å². The number of rotatable bonds is 12. The van der Waals surface area contributed by atoms with Crippen LogP contribution in [0.2, 0.25) is 10.0 Å². The normalized spacial score (nSPS) is 12.3. The first kappa shape index (κ1) is 45.2. The van der Waals surface area contributed by atoms with Gasteiger partial charge in [0, 0.05) is 60.8 Å². The van der Waals surface area contributed by atoms with Crippen molar-refractivity contribution < 1.29 is 28.7 Å². The number of ether oxygens (including phenoxy) is 2. The first-order valence-corrected chi connectivity index (χ1v) is 20.9. The summed E-state index contributed by atoms with van der Waals surface area (Å²) in [4.78, 5) is 63.5. The number of likely N-dealkylation sites (tertiary alicyclic amines) is 1. The monoisotopic (exact) mass is 912 g/mol. The smallest absolute Gasteiger partial charge is 0.259 e. The Morgan fingerprint density at radius 1 is 0.508 bits per heavy atom. The molecule has 2 saturated heterocycles. The molecule has 330 valence electrons. The largest absolute Gasteiger partial charge is 0.497 e. The minimum atomic E-state index is -0.462. The quantitative estimate of drug-likeness (QED) is 0.0394. The van der Waals surface area contributed by atoms with Gasteiger partial charge in [0.1, 0.15) is 34.8 Å². The van der Waals surface area contributed by atoms with E-state index in [1.54, 1.807) is 103 Å². The zero-order valence-electron chi connectivity index (χ0n) is 35.1. The van der Waals surface area contributed by atoms with Crippen molar-refractivity contribution in [2.75, 3.05) is 61.7 Å². The number of amidine groups is 2. The predicted octanol–water partition coefficient (Wildman–Crippen LogP) is 8.17. The van der Waals surface area contributed by atoms with E-state index in [1.807, 2.05) is 9.80 Å². The number of methoxy groups -OCH3 is 2. The van der Waals surface area contributed by atoms with Crippen LogP contribution in [0.5, 0.6) is 11.5 Å². The van der Waals surface area contributed by atoms with E-state index >= 15 is 0 Å². The Kier molecular flexibility index (Phi) is 14.3. The van der Waals surface area contributed by atoms with Crippen molar-refractivity contribution in [1.82, 2.24) is 19.8 Å². The van der Waals surface area contributed by atoms with Gasteiger partial charge in [0.15, 0.2) is 0 Å². The number of pyridine rings is 2. The Bertz CT molecular complexity index is 2750. The van der Waals surface area contributed by atoms with Gasteiger partial charge in [-0.15, -0.1) is 0 Å². The molecular formula is C47H42Cl2N10O6. The molecule has 2 aliphatic heterocycles. The lowest BCUT2D eigenvalue weighted by Gasteiger charge is -2.33. The number of anilines is 4. The van der Waals surface area contributed by atoms with Gasteiger partial charge in [0.05, 0.1) is 46.8 Å². The van der Waals surface area contributed by atoms with E-state index in [0.29, 0.717) is 67.4 Å². The standard InChI is InChI=1S/C24H22ClN5O3.C23H20ClN5O3/c1-33-18-8-9-20(19(13-18)24(32)29-21-10-7-17(25)14-27-21)28-23(31)16-5-3-15(4-6-16)22(26)30-11-2-12-30;1-32-17-7-8-19(18(12-17)23(31)28-20-9-6-16(24)13-26-20)27-22(30)15-4-2-14(3-5-15)21(25)29-10-11-29/h3-10,13-14,26H,2,11-12H2,1H3,(H,28,31)(H,27,29,32);2-9,12-13,25H,10-11H2,1H3,(H,27,30)(H,26,28,31). The highest BCUT2D eigenvalue weighted by Gasteiger charge is 2.23. The summed E-state index contributed by atoms with van der Waals surface area (Å²) < 4.78 is 10.5. The van der Waals surface area contributed by atoms with Crippen LogP contribution in [-0.4, -0.2) is 95.5 Å². The highest BCUT2D eigenvalue weighted by Crippen LogP contribution is 2.26. The van der Waals surface area contributed by atoms with Crippen molar-refractivity contribution in [3.63, 3.8) is 0 Å². The lowest BCUT2D eigenvalue weighted by atomic mass is 10.1. The van der Waals surface area contributed by atoms with Crippen molar-refractivity contribution in [2.45, 2.75) is 6.42 Å². The molecule has 0 saturated carbocycles. The fraction of sp³-hybridized carbons (Fsp3) is 0.149. The topological polar surface area (TPSA) is 215 Å². The fourth-order valence-corrected chi connectivity index (χ4v) is 6.51. The molecule has 4 amide bonds. The number of hydrogen-bond acceptors (Lipinski definition) is 10. The molecule has 6 aromatic rings. The third-order valence-electron chi connectivity index (χ3n) is 10.2. The lowest BCUT2D eigenvalue weighted by Crippen LogP contribution is -2.42. The van der Waals surface area contributed by atoms with Crippen molar-refractivity contribution in [1.29, 1.82) is 10.8 Å². The van der Waals surface area contributed by atoms with Gasteiger partial charge in [0.2, 0.25) is 0 Å². The van der Waals surface area contributed by atoms with Crippen LogP contribution >= 0.6 is 23.2 Å². The molecule has 0 radical (unpaired) electrons. The molecule has 0 spiro atoms. The molecule has 0 unspecified atom stereocenters. The maximum atomic E-state index is 12.9. The first-order valence-electron chi connectivity index (χ1n) is 20.1. The van der Waals surface area contributed by atoms with Crippen LogP contribution in [0.4, 0.5) is 23.0 Å². The molecular weight excluding hydrogens is 871 g/mol. The number of benzene rings is 4. The van der Waals surface area contributed by atoms with Crippen LogP contribution < -0.4 is 30.7 Å². The number of amides is 4. The van der Waals surface area contributed by atoms with Crippen molar-refractivity contribution in [2.24, 2.45) is 0 Å². The van der Waals surface area contributed by atoms with Gasteiger partial charge < -0.3 is 40.5 Å². The molecule has 16 nitrogen and oxygen atoms in total. The lowest BCUT2D eigenvalue weighted by molar-refractivity contribution is 0.101. The molecule has 2 aromatic heterocycles. The number of carbonyl (C=O) groups excluding carboxylic acids is 4. The fourth-order valence-electron chi connectivity index (χ4n) is 6.29. The first-order chi connectivity index (χ1) is 31.4. The Labute approximate surface area is 383 Å². The Hall–Kier alpha value is -7.82. The Morgan fingerprint density at radius 2 is 0.892 bits per heavy atom. The SMILES string of the molecule is COc1ccc(NC(=O)c2ccc(C(=N)N3CC3)cc2)c(C(=O)Nc2ccc(Cl)cn2)c1.COc1ccc(NC(=O)c2ccc(C(=N)N3CCC3)cc2)c(C(=O)Nc2ccc(Cl)cn2)c1. The average Bonchev–Trinajstić information content (AvgIpc) is 4.16. The second-order valence-corrected chi connectivity index (χ2v) is 15.4. The third-order valence-corrected chi connectivity index (χ3v) is 10.6. The molecule has 0 atom stereocenters. The van der Waals surface area contributed by atoms with Crippen LogP contribution in [0.1, 0.15) is 59.0 Å². The molecule has 0 aliphatic carbocycles. The number of halogens is 2. The second kappa shape index (κ2) is 20.6. The van der Waals surface area contributed by atoms with E-state index in [1.165, 1.54) is 32.7 Å². The summed E-state index contributed by atoms with van der Waals surface area (Å²) in [6.07, 6.45) is 3.94. The summed E-state index contributed by atoms with van der Waals surface area (Å²) in [5, 5.41) is 28.1. The molecule has 2 fully saturated rings. The number of nitrogens with one attached hydrogen (secondary N) is 6. The predicted molar refractivity (Wildman–Crippen MR) is 251 cm³/mol. The summed E-state index contributed by atoms with van der Waals surface area (Å²) in [5.74, 6) is 0.813. The second-order valence-electron chi connectivity index (χ2n) is 14.5. The third kappa shape index (κ3) is 11.6. The van der Waals surface area contributed by atoms with Crippen molar-refractivity contribution in [3.05, 3.63) is 165 Å². The van der Waals surface area contributed by atoms with E-state index in [9.17, 15) is 19.2 Å². The number of hydrogen-bond donors (Lipinski definition) is 6. The summed E-state index contributed by atoms with van der Waals surface area (Å²) in [7, 11) is 2.99. The van der Waals surface area contributed by atoms with E-state index in [2.05, 4.69) is 31.2 Å². The summed E-state index contributed by atoms with van der Waals surface area (Å²) in [6.45, 7) is 3.54. The van der Waals surface area contributed by atoms with Crippen molar-refractivity contribution in [3.8, 4) is 11.5 Å². The molecule has 0 bridgehead atoms. The average molecular weight is 914 g/mol. The maximum Gasteiger partial charge on any atom is 0.259 e. The van der Waals surface area contributed by atoms with Crippen molar-refractivity contribution >= 4 is 81.5 Å². The molecule has 8 rings (SSSR count). The number of nitrogens with zero attached hydrogens (tertiary/aromatic N) is 4. The van der Waals surface area contributed by atoms with Crippen LogP contribution in [0, 0.1) is 10.8 Å². The molecule has 4 aromatic carbocycles. The zero-order valence-corrected chi connectivity index (χ0v) is 36.6. The van der Waals surface area contributed by atoms with Gasteiger partial charge in [-0.05, 0) is 91.3 Å². The van der Waals surface area contributed by atoms with Crippen LogP contribution in [0.3, 0.4) is 0 Å². The zero-order chi connectivity index (χ0) is 46.0. The van der Waals surface area contributed by atoms with Gasteiger partial charge in [0.25, 0.3) is 23.6 Å². The Balaban J connectivity index is 0.000000194. The highest BCUT2D eigenvalue weighted by atomic mass is 35.5. The summed E-state index contributed by atoms with van der Waals surface area (Å²) >= 11 is 11.7. The van der Waals surface area contributed by atoms with E-state index in [0.717, 1.165) is 43.7 Å². The van der Waals surface area contributed by atoms with Crippen LogP contribution in [-0.2, 0) is 0 Å². The van der Waals surface area contributed by atoms with Gasteiger partial charge in [-0.1, -0.05) is 47.5 Å². The highest BCUT2D eigenvalue weighted by molar-refractivity contribution is 6.30. The van der Waals surface area contributed by atoms with Gasteiger partial charge >= 0.3 is 0 Å². The van der Waals surface area contributed by atoms with E-state index in [-0.39, 0.29) is 22.9 Å². The minimum absolute atomic E-state index is 0.217. The van der Waals surface area contributed by atoms with Gasteiger partial charge in [-0.2, -0.15) is 0 Å². The molecule has 2 aliphatic rings. The molecule has 6 N–H and O–H groups in total. The number of carbonyl (C=O) groups is 4. The minimum Gasteiger partial charge on any atom is -0.497 e. The Morgan fingerprint density at radius 3 is 1.22 bits per heavy atom. The van der Waals surface area contributed by atoms with Gasteiger partial charge in [-0.25, -0.2) is 9.97 Å². The molecule has 4 heterocycles. The molecule has 65 heavy (non-hydrogen) atoms. The van der Waals surface area contributed by atoms with E-state index in [4.69, 9.17) is 43.5 Å².